The van der Waals surface area contributed by atoms with E-state index in [2.05, 4.69) is 92.7 Å². The molecule has 0 saturated heterocycles. The van der Waals surface area contributed by atoms with E-state index in [1.165, 1.54) is 20.9 Å². The lowest BCUT2D eigenvalue weighted by Crippen LogP contribution is -2.23. The Morgan fingerprint density at radius 1 is 0.661 bits per heavy atom. The number of hydrogen-bond acceptors (Lipinski definition) is 8. The van der Waals surface area contributed by atoms with Crippen LogP contribution in [0.3, 0.4) is 0 Å². The third-order valence-corrected chi connectivity index (χ3v) is 12.3. The van der Waals surface area contributed by atoms with Crippen molar-refractivity contribution >= 4 is 44.8 Å². The van der Waals surface area contributed by atoms with Gasteiger partial charge in [-0.2, -0.15) is 0 Å². The van der Waals surface area contributed by atoms with Gasteiger partial charge in [-0.15, -0.1) is 0 Å². The Kier molecular flexibility index (Phi) is 9.22. The topological polar surface area (TPSA) is 90.5 Å². The molecule has 1 aliphatic carbocycles. The summed E-state index contributed by atoms with van der Waals surface area (Å²) in [7, 11) is 0. The van der Waals surface area contributed by atoms with Gasteiger partial charge in [-0.05, 0) is 85.4 Å². The van der Waals surface area contributed by atoms with Crippen molar-refractivity contribution in [3.8, 4) is 45.6 Å². The normalized spacial score (nSPS) is 14.8. The molecule has 0 unspecified atom stereocenters. The van der Waals surface area contributed by atoms with Crippen molar-refractivity contribution in [3.63, 3.8) is 0 Å². The molecule has 0 fully saturated rings. The third kappa shape index (κ3) is 6.69. The van der Waals surface area contributed by atoms with E-state index in [1.807, 2.05) is 92.4 Å². The van der Waals surface area contributed by atoms with Crippen LogP contribution in [0.4, 0.5) is 0 Å². The minimum absolute atomic E-state index is 0.190. The van der Waals surface area contributed by atoms with E-state index in [1.54, 1.807) is 0 Å². The molecule has 8 heteroatoms. The number of rotatable bonds is 7. The van der Waals surface area contributed by atoms with Crippen molar-refractivity contribution in [3.05, 3.63) is 168 Å². The lowest BCUT2D eigenvalue weighted by atomic mass is 9.77. The van der Waals surface area contributed by atoms with E-state index in [0.29, 0.717) is 34.9 Å². The standard InChI is InChI=1S/C51H40N6OS/c1-5-6-16-31(2)45-52-47(55-49(53-45)35-27-28-43-39(30-35)51(3,4)38-23-11-13-26-42(38)59-43)33-19-14-20-34(29-33)48-54-46(32-17-8-7-9-18-32)56-50(57-48)37-22-15-25-41-44(37)36-21-10-12-24-40(36)58-41/h5-8,10-17,19-30H,9,18H2,1-4H3/b6-5-,31-16+. The molecular formula is C51H40N6OS. The number of nitrogens with zero attached hydrogens (tertiary/aromatic N) is 6. The number of allylic oxidation sites excluding steroid dienone is 8. The van der Waals surface area contributed by atoms with Crippen LogP contribution in [0, 0.1) is 0 Å². The van der Waals surface area contributed by atoms with Crippen LogP contribution in [0.25, 0.3) is 78.6 Å². The molecule has 8 aromatic rings. The van der Waals surface area contributed by atoms with Crippen LogP contribution >= 0.6 is 11.8 Å². The zero-order valence-electron chi connectivity index (χ0n) is 33.3. The van der Waals surface area contributed by atoms with Gasteiger partial charge in [-0.3, -0.25) is 0 Å². The molecule has 0 atom stereocenters. The van der Waals surface area contributed by atoms with E-state index < -0.39 is 0 Å². The number of aromatic nitrogens is 6. The Morgan fingerprint density at radius 3 is 2.15 bits per heavy atom. The molecule has 5 aromatic carbocycles. The first-order valence-corrected chi connectivity index (χ1v) is 20.8. The fraction of sp³-hybridized carbons (Fsp3) is 0.137. The summed E-state index contributed by atoms with van der Waals surface area (Å²) in [6.45, 7) is 8.63. The SMILES string of the molecule is C/C=C\C=C(/C)c1nc(-c2cccc(-c3nc(C4=CC=CCC4)nc(-c4cccc5oc6ccccc6c45)n3)c2)nc(-c2ccc3c(c2)C(C)(C)c2ccccc2S3)n1. The largest absolute Gasteiger partial charge is 0.456 e. The highest BCUT2D eigenvalue weighted by Gasteiger charge is 2.33. The maximum Gasteiger partial charge on any atom is 0.164 e. The van der Waals surface area contributed by atoms with Crippen molar-refractivity contribution < 1.29 is 4.42 Å². The van der Waals surface area contributed by atoms with Crippen molar-refractivity contribution in [2.24, 2.45) is 0 Å². The van der Waals surface area contributed by atoms with Gasteiger partial charge in [-0.1, -0.05) is 135 Å². The number of hydrogen-bond donors (Lipinski definition) is 0. The molecular weight excluding hydrogens is 745 g/mol. The van der Waals surface area contributed by atoms with E-state index >= 15 is 0 Å². The van der Waals surface area contributed by atoms with Crippen molar-refractivity contribution in [2.75, 3.05) is 0 Å². The molecule has 0 radical (unpaired) electrons. The molecule has 7 nitrogen and oxygen atoms in total. The first kappa shape index (κ1) is 36.6. The monoisotopic (exact) mass is 784 g/mol. The lowest BCUT2D eigenvalue weighted by molar-refractivity contribution is 0.607. The highest BCUT2D eigenvalue weighted by molar-refractivity contribution is 7.99. The molecule has 286 valence electrons. The maximum absolute atomic E-state index is 6.26. The van der Waals surface area contributed by atoms with Gasteiger partial charge in [0.15, 0.2) is 34.9 Å². The molecule has 2 aliphatic rings. The molecule has 0 spiro atoms. The van der Waals surface area contributed by atoms with Crippen LogP contribution in [-0.2, 0) is 5.41 Å². The molecule has 0 saturated carbocycles. The van der Waals surface area contributed by atoms with E-state index in [4.69, 9.17) is 34.3 Å². The Labute approximate surface area is 347 Å². The first-order chi connectivity index (χ1) is 28.8. The molecule has 59 heavy (non-hydrogen) atoms. The average molecular weight is 785 g/mol. The molecule has 0 amide bonds. The van der Waals surface area contributed by atoms with E-state index in [-0.39, 0.29) is 5.41 Å². The van der Waals surface area contributed by atoms with E-state index in [9.17, 15) is 0 Å². The Bertz CT molecular complexity index is 3100. The molecule has 0 N–H and O–H groups in total. The summed E-state index contributed by atoms with van der Waals surface area (Å²) in [6, 6.07) is 37.6. The summed E-state index contributed by atoms with van der Waals surface area (Å²) in [5, 5.41) is 2.01. The van der Waals surface area contributed by atoms with Crippen LogP contribution in [0.1, 0.15) is 63.3 Å². The summed E-state index contributed by atoms with van der Waals surface area (Å²) >= 11 is 1.82. The Balaban J connectivity index is 1.11. The van der Waals surface area contributed by atoms with Gasteiger partial charge in [0.1, 0.15) is 11.2 Å². The number of benzene rings is 5. The zero-order valence-corrected chi connectivity index (χ0v) is 34.1. The summed E-state index contributed by atoms with van der Waals surface area (Å²) in [5.41, 5.74) is 9.53. The van der Waals surface area contributed by atoms with Crippen molar-refractivity contribution in [1.82, 2.24) is 29.9 Å². The minimum atomic E-state index is -0.190. The highest BCUT2D eigenvalue weighted by atomic mass is 32.2. The molecule has 1 aliphatic heterocycles. The van der Waals surface area contributed by atoms with Crippen LogP contribution in [-0.4, -0.2) is 29.9 Å². The zero-order chi connectivity index (χ0) is 40.1. The van der Waals surface area contributed by atoms with Crippen LogP contribution in [0.2, 0.25) is 0 Å². The lowest BCUT2D eigenvalue weighted by Gasteiger charge is -2.34. The summed E-state index contributed by atoms with van der Waals surface area (Å²) in [6.07, 6.45) is 14.2. The van der Waals surface area contributed by atoms with Crippen molar-refractivity contribution in [1.29, 1.82) is 0 Å². The number of fused-ring (bicyclic) bond motifs is 5. The van der Waals surface area contributed by atoms with Crippen LogP contribution < -0.4 is 0 Å². The predicted octanol–water partition coefficient (Wildman–Crippen LogP) is 13.1. The average Bonchev–Trinajstić information content (AvgIpc) is 3.67. The molecule has 0 bridgehead atoms. The maximum atomic E-state index is 6.26. The quantitative estimate of drug-likeness (QED) is 0.148. The molecule has 3 aromatic heterocycles. The van der Waals surface area contributed by atoms with Crippen LogP contribution in [0.5, 0.6) is 0 Å². The summed E-state index contributed by atoms with van der Waals surface area (Å²) in [5.74, 6) is 3.63. The smallest absolute Gasteiger partial charge is 0.164 e. The second-order valence-electron chi connectivity index (χ2n) is 15.4. The number of para-hydroxylation sites is 1. The van der Waals surface area contributed by atoms with Gasteiger partial charge < -0.3 is 4.42 Å². The van der Waals surface area contributed by atoms with Gasteiger partial charge >= 0.3 is 0 Å². The minimum Gasteiger partial charge on any atom is -0.456 e. The Hall–Kier alpha value is -6.77. The first-order valence-electron chi connectivity index (χ1n) is 20.0. The summed E-state index contributed by atoms with van der Waals surface area (Å²) in [4.78, 5) is 33.3. The van der Waals surface area contributed by atoms with Crippen molar-refractivity contribution in [2.45, 2.75) is 55.7 Å². The highest BCUT2D eigenvalue weighted by Crippen LogP contribution is 2.49. The van der Waals surface area contributed by atoms with Gasteiger partial charge in [-0.25, -0.2) is 29.9 Å². The Morgan fingerprint density at radius 2 is 1.34 bits per heavy atom. The second-order valence-corrected chi connectivity index (χ2v) is 16.5. The molecule has 4 heterocycles. The fourth-order valence-corrected chi connectivity index (χ4v) is 9.40. The van der Waals surface area contributed by atoms with Gasteiger partial charge in [0, 0.05) is 48.2 Å². The van der Waals surface area contributed by atoms with Gasteiger partial charge in [0.2, 0.25) is 0 Å². The van der Waals surface area contributed by atoms with Crippen LogP contribution in [0.15, 0.2) is 160 Å². The fourth-order valence-electron chi connectivity index (χ4n) is 8.02. The summed E-state index contributed by atoms with van der Waals surface area (Å²) < 4.78 is 6.26. The van der Waals surface area contributed by atoms with Gasteiger partial charge in [0.05, 0.1) is 0 Å². The second kappa shape index (κ2) is 14.9. The predicted molar refractivity (Wildman–Crippen MR) is 240 cm³/mol. The van der Waals surface area contributed by atoms with Gasteiger partial charge in [0.25, 0.3) is 0 Å². The third-order valence-electron chi connectivity index (χ3n) is 11.2. The van der Waals surface area contributed by atoms with E-state index in [0.717, 1.165) is 68.2 Å². The molecule has 10 rings (SSSR count). The number of furan rings is 1.